The van der Waals surface area contributed by atoms with Crippen molar-refractivity contribution in [1.82, 2.24) is 20.4 Å². The number of nitrogens with one attached hydrogen (secondary N) is 2. The van der Waals surface area contributed by atoms with Crippen molar-refractivity contribution in [2.45, 2.75) is 99.3 Å². The molecule has 0 spiro atoms. The highest BCUT2D eigenvalue weighted by molar-refractivity contribution is 4.71. The van der Waals surface area contributed by atoms with Gasteiger partial charge in [0.2, 0.25) is 0 Å². The minimum atomic E-state index is 0.947. The van der Waals surface area contributed by atoms with Crippen LogP contribution in [0.5, 0.6) is 0 Å². The second-order valence-corrected chi connectivity index (χ2v) is 8.95. The van der Waals surface area contributed by atoms with E-state index < -0.39 is 0 Å². The normalized spacial score (nSPS) is 16.3. The minimum Gasteiger partial charge on any atom is -0.317 e. The average Bonchev–Trinajstić information content (AvgIpc) is 2.90. The van der Waals surface area contributed by atoms with Crippen LogP contribution >= 0.6 is 0 Å². The zero-order valence-electron chi connectivity index (χ0n) is 24.5. The van der Waals surface area contributed by atoms with Gasteiger partial charge in [0, 0.05) is 6.54 Å². The monoisotopic (exact) mass is 471 g/mol. The topological polar surface area (TPSA) is 30.5 Å². The number of piperidine rings is 2. The molecule has 4 nitrogen and oxygen atoms in total. The molecule has 0 unspecified atom stereocenters. The van der Waals surface area contributed by atoms with E-state index in [-0.39, 0.29) is 0 Å². The third-order valence-electron chi connectivity index (χ3n) is 6.19. The minimum absolute atomic E-state index is 0.947. The van der Waals surface area contributed by atoms with E-state index in [2.05, 4.69) is 61.5 Å². The van der Waals surface area contributed by atoms with Crippen molar-refractivity contribution in [3.63, 3.8) is 0 Å². The van der Waals surface area contributed by atoms with Gasteiger partial charge in [0.1, 0.15) is 0 Å². The maximum atomic E-state index is 3.42. The van der Waals surface area contributed by atoms with Gasteiger partial charge in [-0.1, -0.05) is 54.4 Å². The number of nitrogens with zero attached hydrogens (tertiary/aromatic N) is 2. The van der Waals surface area contributed by atoms with Crippen LogP contribution in [0.15, 0.2) is 13.2 Å². The van der Waals surface area contributed by atoms with Crippen LogP contribution in [0.3, 0.4) is 0 Å². The van der Waals surface area contributed by atoms with Crippen LogP contribution in [0.1, 0.15) is 99.3 Å². The van der Waals surface area contributed by atoms with E-state index in [9.17, 15) is 0 Å². The van der Waals surface area contributed by atoms with Crippen molar-refractivity contribution in [2.24, 2.45) is 11.8 Å². The smallest absolute Gasteiger partial charge is 0.000755 e. The number of hydrogen-bond donors (Lipinski definition) is 2. The van der Waals surface area contributed by atoms with Gasteiger partial charge in [0.05, 0.1) is 0 Å². The Morgan fingerprint density at radius 2 is 1.03 bits per heavy atom. The molecule has 0 saturated carbocycles. The Labute approximate surface area is 211 Å². The van der Waals surface area contributed by atoms with Crippen LogP contribution < -0.4 is 10.6 Å². The van der Waals surface area contributed by atoms with E-state index in [1.807, 2.05) is 27.7 Å². The Morgan fingerprint density at radius 3 is 1.45 bits per heavy atom. The van der Waals surface area contributed by atoms with E-state index >= 15 is 0 Å². The molecule has 2 heterocycles. The molecule has 0 aromatic carbocycles. The lowest BCUT2D eigenvalue weighted by atomic mass is 9.94. The van der Waals surface area contributed by atoms with Gasteiger partial charge in [-0.05, 0) is 117 Å². The first-order valence-electron chi connectivity index (χ1n) is 14.4. The van der Waals surface area contributed by atoms with Gasteiger partial charge >= 0.3 is 0 Å². The van der Waals surface area contributed by atoms with Crippen LogP contribution in [-0.2, 0) is 0 Å². The van der Waals surface area contributed by atoms with Crippen LogP contribution in [0.4, 0.5) is 0 Å². The van der Waals surface area contributed by atoms with Gasteiger partial charge in [-0.2, -0.15) is 0 Å². The fourth-order valence-corrected chi connectivity index (χ4v) is 4.14. The van der Waals surface area contributed by atoms with Crippen molar-refractivity contribution >= 4 is 0 Å². The molecule has 2 aliphatic rings. The van der Waals surface area contributed by atoms with E-state index in [4.69, 9.17) is 0 Å². The molecular weight excluding hydrogens is 404 g/mol. The van der Waals surface area contributed by atoms with Crippen molar-refractivity contribution in [3.8, 4) is 0 Å². The second-order valence-electron chi connectivity index (χ2n) is 8.95. The molecule has 2 rings (SSSR count). The average molecular weight is 471 g/mol. The van der Waals surface area contributed by atoms with Crippen molar-refractivity contribution < 1.29 is 0 Å². The summed E-state index contributed by atoms with van der Waals surface area (Å²) in [7, 11) is 4.52. The molecule has 2 saturated heterocycles. The largest absolute Gasteiger partial charge is 0.317 e. The quantitative estimate of drug-likeness (QED) is 0.330. The Balaban J connectivity index is -0.000000445. The number of rotatable bonds is 11. The molecule has 4 heteroatoms. The lowest BCUT2D eigenvalue weighted by Gasteiger charge is -2.27. The highest BCUT2D eigenvalue weighted by atomic mass is 15.1. The summed E-state index contributed by atoms with van der Waals surface area (Å²) in [6, 6.07) is 0. The zero-order valence-corrected chi connectivity index (χ0v) is 24.5. The summed E-state index contributed by atoms with van der Waals surface area (Å²) in [6.07, 6.45) is 12.3. The summed E-state index contributed by atoms with van der Waals surface area (Å²) in [5.41, 5.74) is 0. The van der Waals surface area contributed by atoms with Crippen molar-refractivity contribution in [2.75, 3.05) is 66.5 Å². The summed E-state index contributed by atoms with van der Waals surface area (Å²) >= 11 is 0. The highest BCUT2D eigenvalue weighted by Crippen LogP contribution is 2.16. The third kappa shape index (κ3) is 26.0. The Kier molecular flexibility index (Phi) is 35.5. The Bertz CT molecular complexity index is 326. The van der Waals surface area contributed by atoms with E-state index in [0.717, 1.165) is 11.8 Å². The fourth-order valence-electron chi connectivity index (χ4n) is 4.14. The van der Waals surface area contributed by atoms with Crippen LogP contribution in [-0.4, -0.2) is 76.3 Å². The lowest BCUT2D eigenvalue weighted by Crippen LogP contribution is -2.34. The van der Waals surface area contributed by atoms with Crippen molar-refractivity contribution in [3.05, 3.63) is 13.2 Å². The molecule has 0 amide bonds. The molecule has 0 atom stereocenters. The molecule has 0 bridgehead atoms. The number of hydrogen-bond acceptors (Lipinski definition) is 4. The Morgan fingerprint density at radius 1 is 0.636 bits per heavy atom. The fraction of sp³-hybridized carbons (Fsp3) is 0.931. The van der Waals surface area contributed by atoms with Crippen molar-refractivity contribution in [1.29, 1.82) is 0 Å². The summed E-state index contributed by atoms with van der Waals surface area (Å²) < 4.78 is 0. The first kappa shape index (κ1) is 37.1. The summed E-state index contributed by atoms with van der Waals surface area (Å²) in [4.78, 5) is 4.99. The summed E-state index contributed by atoms with van der Waals surface area (Å²) in [5, 5.41) is 6.84. The molecule has 2 N–H and O–H groups in total. The third-order valence-corrected chi connectivity index (χ3v) is 6.19. The van der Waals surface area contributed by atoms with Gasteiger partial charge in [-0.15, -0.1) is 13.2 Å². The predicted octanol–water partition coefficient (Wildman–Crippen LogP) is 6.68. The van der Waals surface area contributed by atoms with E-state index in [1.54, 1.807) is 0 Å². The van der Waals surface area contributed by atoms with Gasteiger partial charge in [0.25, 0.3) is 0 Å². The summed E-state index contributed by atoms with van der Waals surface area (Å²) in [6.45, 7) is 28.6. The summed E-state index contributed by atoms with van der Waals surface area (Å²) in [5.74, 6) is 1.93. The Hall–Kier alpha value is -0.420. The molecular formula is C29H66N4. The molecule has 0 radical (unpaired) electrons. The molecule has 33 heavy (non-hydrogen) atoms. The van der Waals surface area contributed by atoms with Crippen LogP contribution in [0.25, 0.3) is 0 Å². The van der Waals surface area contributed by atoms with Crippen LogP contribution in [0.2, 0.25) is 0 Å². The lowest BCUT2D eigenvalue weighted by molar-refractivity contribution is 0.238. The maximum absolute atomic E-state index is 3.42. The van der Waals surface area contributed by atoms with Crippen LogP contribution in [0, 0.1) is 11.8 Å². The first-order chi connectivity index (χ1) is 16.2. The van der Waals surface area contributed by atoms with Gasteiger partial charge in [-0.25, -0.2) is 0 Å². The zero-order chi connectivity index (χ0) is 25.7. The van der Waals surface area contributed by atoms with Gasteiger partial charge in [0.15, 0.2) is 0 Å². The standard InChI is InChI=1S/C12H26N2.C11H24N2.2C2H6.C2H4/c1-3-4-10-14(2)11-7-12-5-8-13-9-6-12;1-3-4-9-13(2)10-11-5-7-12-8-6-11;3*1-2/h12-13H,3-11H2,1-2H3;11-12H,3-10H2,1-2H3;2*1-2H3;1-2H2. The van der Waals surface area contributed by atoms with Gasteiger partial charge < -0.3 is 20.4 Å². The molecule has 2 fully saturated rings. The van der Waals surface area contributed by atoms with E-state index in [1.165, 1.54) is 110 Å². The molecule has 202 valence electrons. The highest BCUT2D eigenvalue weighted by Gasteiger charge is 2.14. The molecule has 0 aromatic heterocycles. The maximum Gasteiger partial charge on any atom is 0.000755 e. The molecule has 0 aliphatic carbocycles. The predicted molar refractivity (Wildman–Crippen MR) is 155 cm³/mol. The number of unbranched alkanes of at least 4 members (excludes halogenated alkanes) is 2. The molecule has 0 aromatic rings. The van der Waals surface area contributed by atoms with E-state index in [0.29, 0.717) is 0 Å². The SMILES string of the molecule is C=C.CC.CC.CCCCN(C)CC1CCNCC1.CCCCN(C)CCC1CCNCC1. The second kappa shape index (κ2) is 31.6. The first-order valence-corrected chi connectivity index (χ1v) is 14.4. The van der Waals surface area contributed by atoms with Gasteiger partial charge in [-0.3, -0.25) is 0 Å². The molecule has 2 aliphatic heterocycles.